The minimum Gasteiger partial charge on any atom is -0.508 e. The summed E-state index contributed by atoms with van der Waals surface area (Å²) in [7, 11) is 0. The number of hydrogen-bond acceptors (Lipinski definition) is 4. The number of phenols is 1. The number of aromatic nitrogens is 1. The van der Waals surface area contributed by atoms with E-state index in [-0.39, 0.29) is 11.2 Å². The molecule has 4 heteroatoms. The van der Waals surface area contributed by atoms with Gasteiger partial charge in [0.25, 0.3) is 0 Å². The fraction of sp³-hybridized carbons (Fsp3) is 0.267. The van der Waals surface area contributed by atoms with Crippen molar-refractivity contribution in [2.45, 2.75) is 26.2 Å². The van der Waals surface area contributed by atoms with Gasteiger partial charge < -0.3 is 9.52 Å². The summed E-state index contributed by atoms with van der Waals surface area (Å²) in [5.41, 5.74) is 1.87. The number of thiazole rings is 1. The van der Waals surface area contributed by atoms with E-state index < -0.39 is 0 Å². The van der Waals surface area contributed by atoms with Crippen molar-refractivity contribution < 1.29 is 9.52 Å². The lowest BCUT2D eigenvalue weighted by atomic mass is 9.93. The molecule has 3 aromatic rings. The maximum absolute atomic E-state index is 9.47. The number of rotatable bonds is 1. The summed E-state index contributed by atoms with van der Waals surface area (Å²) in [5, 5.41) is 13.3. The summed E-state index contributed by atoms with van der Waals surface area (Å²) in [6, 6.07) is 7.01. The molecule has 0 saturated carbocycles. The van der Waals surface area contributed by atoms with Crippen LogP contribution >= 0.6 is 11.3 Å². The Bertz CT molecular complexity index is 734. The summed E-state index contributed by atoms with van der Waals surface area (Å²) in [4.78, 5) is 4.63. The van der Waals surface area contributed by atoms with Crippen LogP contribution in [-0.2, 0) is 5.41 Å². The molecule has 2 aromatic heterocycles. The summed E-state index contributed by atoms with van der Waals surface area (Å²) in [6.45, 7) is 6.42. The smallest absolute Gasteiger partial charge is 0.164 e. The highest BCUT2D eigenvalue weighted by molar-refractivity contribution is 7.13. The van der Waals surface area contributed by atoms with Crippen molar-refractivity contribution >= 4 is 22.3 Å². The summed E-state index contributed by atoms with van der Waals surface area (Å²) < 4.78 is 5.77. The van der Waals surface area contributed by atoms with E-state index >= 15 is 0 Å². The molecule has 3 rings (SSSR count). The Balaban J connectivity index is 2.07. The molecule has 0 aliphatic rings. The number of benzene rings is 1. The maximum atomic E-state index is 9.47. The average molecular weight is 273 g/mol. The minimum atomic E-state index is 0.0407. The van der Waals surface area contributed by atoms with Crippen molar-refractivity contribution in [1.29, 1.82) is 0 Å². The van der Waals surface area contributed by atoms with Crippen LogP contribution in [0.3, 0.4) is 0 Å². The fourth-order valence-electron chi connectivity index (χ4n) is 1.87. The van der Waals surface area contributed by atoms with Crippen molar-refractivity contribution in [2.24, 2.45) is 0 Å². The van der Waals surface area contributed by atoms with Crippen molar-refractivity contribution in [2.75, 3.05) is 0 Å². The molecule has 19 heavy (non-hydrogen) atoms. The van der Waals surface area contributed by atoms with Crippen molar-refractivity contribution in [3.05, 3.63) is 35.3 Å². The van der Waals surface area contributed by atoms with E-state index in [4.69, 9.17) is 4.42 Å². The van der Waals surface area contributed by atoms with Gasteiger partial charge in [-0.2, -0.15) is 0 Å². The lowest BCUT2D eigenvalue weighted by molar-refractivity contribution is 0.476. The number of aromatic hydroxyl groups is 1. The lowest BCUT2D eigenvalue weighted by Crippen LogP contribution is -2.11. The van der Waals surface area contributed by atoms with Crippen LogP contribution < -0.4 is 0 Å². The molecule has 0 radical (unpaired) electrons. The van der Waals surface area contributed by atoms with Crippen LogP contribution in [0.2, 0.25) is 0 Å². The van der Waals surface area contributed by atoms with E-state index in [1.165, 1.54) is 0 Å². The summed E-state index contributed by atoms with van der Waals surface area (Å²) in [5.74, 6) is 0.996. The van der Waals surface area contributed by atoms with Gasteiger partial charge in [-0.05, 0) is 24.3 Å². The Kier molecular flexibility index (Phi) is 2.64. The second-order valence-corrected chi connectivity index (χ2v) is 6.48. The van der Waals surface area contributed by atoms with Crippen LogP contribution in [-0.4, -0.2) is 10.1 Å². The summed E-state index contributed by atoms with van der Waals surface area (Å²) in [6.07, 6.45) is 0. The fourth-order valence-corrected chi connectivity index (χ4v) is 2.86. The number of furan rings is 1. The van der Waals surface area contributed by atoms with Crippen LogP contribution in [0.1, 0.15) is 26.5 Å². The standard InChI is InChI=1S/C15H15NO2S/c1-15(2,3)13-8-19-14(16-13)12-7-9-6-10(17)4-5-11(9)18-12/h4-8,17H,1-3H3. The van der Waals surface area contributed by atoms with Gasteiger partial charge in [-0.1, -0.05) is 20.8 Å². The van der Waals surface area contributed by atoms with Crippen molar-refractivity contribution in [3.8, 4) is 16.5 Å². The highest BCUT2D eigenvalue weighted by atomic mass is 32.1. The molecule has 1 aromatic carbocycles. The van der Waals surface area contributed by atoms with Gasteiger partial charge in [-0.15, -0.1) is 11.3 Å². The third-order valence-electron chi connectivity index (χ3n) is 2.98. The Morgan fingerprint density at radius 2 is 2.00 bits per heavy atom. The largest absolute Gasteiger partial charge is 0.508 e. The molecular weight excluding hydrogens is 258 g/mol. The molecule has 0 saturated heterocycles. The molecule has 1 N–H and O–H groups in total. The van der Waals surface area contributed by atoms with Crippen LogP contribution in [0, 0.1) is 0 Å². The molecule has 0 aliphatic heterocycles. The zero-order valence-corrected chi connectivity index (χ0v) is 11.9. The summed E-state index contributed by atoms with van der Waals surface area (Å²) >= 11 is 1.58. The Morgan fingerprint density at radius 1 is 1.21 bits per heavy atom. The van der Waals surface area contributed by atoms with Gasteiger partial charge in [-0.3, -0.25) is 0 Å². The predicted octanol–water partition coefficient (Wildman–Crippen LogP) is 4.56. The van der Waals surface area contributed by atoms with Crippen molar-refractivity contribution in [1.82, 2.24) is 4.98 Å². The quantitative estimate of drug-likeness (QED) is 0.707. The van der Waals surface area contributed by atoms with Crippen molar-refractivity contribution in [3.63, 3.8) is 0 Å². The van der Waals surface area contributed by atoms with Gasteiger partial charge in [0.15, 0.2) is 10.8 Å². The molecule has 0 unspecified atom stereocenters. The van der Waals surface area contributed by atoms with Gasteiger partial charge in [0.05, 0.1) is 5.69 Å². The normalized spacial score (nSPS) is 12.2. The molecular formula is C15H15NO2S. The number of fused-ring (bicyclic) bond motifs is 1. The topological polar surface area (TPSA) is 46.3 Å². The first-order chi connectivity index (χ1) is 8.93. The van der Waals surface area contributed by atoms with Crippen LogP contribution in [0.15, 0.2) is 34.1 Å². The third kappa shape index (κ3) is 2.24. The van der Waals surface area contributed by atoms with E-state index in [2.05, 4.69) is 31.1 Å². The second-order valence-electron chi connectivity index (χ2n) is 5.62. The molecule has 0 spiro atoms. The van der Waals surface area contributed by atoms with E-state index in [1.54, 1.807) is 29.5 Å². The number of hydrogen-bond donors (Lipinski definition) is 1. The van der Waals surface area contributed by atoms with Gasteiger partial charge in [0.2, 0.25) is 0 Å². The Hall–Kier alpha value is -1.81. The maximum Gasteiger partial charge on any atom is 0.164 e. The molecule has 0 fully saturated rings. The van der Waals surface area contributed by atoms with E-state index in [0.717, 1.165) is 27.4 Å². The van der Waals surface area contributed by atoms with E-state index in [1.807, 2.05) is 6.07 Å². The molecule has 0 amide bonds. The second kappa shape index (κ2) is 4.10. The SMILES string of the molecule is CC(C)(C)c1csc(-c2cc3cc(O)ccc3o2)n1. The zero-order chi connectivity index (χ0) is 13.6. The highest BCUT2D eigenvalue weighted by Gasteiger charge is 2.19. The third-order valence-corrected chi connectivity index (χ3v) is 3.84. The number of phenolic OH excluding ortho intramolecular Hbond substituents is 1. The first-order valence-electron chi connectivity index (χ1n) is 6.12. The van der Waals surface area contributed by atoms with Crippen LogP contribution in [0.5, 0.6) is 5.75 Å². The molecule has 2 heterocycles. The Labute approximate surface area is 115 Å². The van der Waals surface area contributed by atoms with Crippen LogP contribution in [0.4, 0.5) is 0 Å². The first kappa shape index (κ1) is 12.2. The monoisotopic (exact) mass is 273 g/mol. The molecule has 0 bridgehead atoms. The molecule has 0 atom stereocenters. The van der Waals surface area contributed by atoms with Gasteiger partial charge in [0, 0.05) is 16.2 Å². The van der Waals surface area contributed by atoms with Gasteiger partial charge >= 0.3 is 0 Å². The van der Waals surface area contributed by atoms with Crippen LogP contribution in [0.25, 0.3) is 21.7 Å². The molecule has 3 nitrogen and oxygen atoms in total. The van der Waals surface area contributed by atoms with E-state index in [9.17, 15) is 5.11 Å². The van der Waals surface area contributed by atoms with Gasteiger partial charge in [-0.25, -0.2) is 4.98 Å². The highest BCUT2D eigenvalue weighted by Crippen LogP contribution is 2.33. The van der Waals surface area contributed by atoms with Gasteiger partial charge in [0.1, 0.15) is 11.3 Å². The predicted molar refractivity (Wildman–Crippen MR) is 77.7 cm³/mol. The van der Waals surface area contributed by atoms with E-state index in [0.29, 0.717) is 0 Å². The minimum absolute atomic E-state index is 0.0407. The number of nitrogens with zero attached hydrogens (tertiary/aromatic N) is 1. The lowest BCUT2D eigenvalue weighted by Gasteiger charge is -2.13. The molecule has 0 aliphatic carbocycles. The zero-order valence-electron chi connectivity index (χ0n) is 11.1. The first-order valence-corrected chi connectivity index (χ1v) is 7.00. The average Bonchev–Trinajstić information content (AvgIpc) is 2.92. The molecule has 98 valence electrons. The Morgan fingerprint density at radius 3 is 2.68 bits per heavy atom.